The fraction of sp³-hybridized carbons (Fsp3) is 0.611. The van der Waals surface area contributed by atoms with Crippen molar-refractivity contribution in [2.45, 2.75) is 31.7 Å². The quantitative estimate of drug-likeness (QED) is 0.438. The molecule has 0 bridgehead atoms. The molecule has 1 fully saturated rings. The number of halogens is 1. The molecule has 0 saturated carbocycles. The number of guanidine groups is 1. The summed E-state index contributed by atoms with van der Waals surface area (Å²) in [5.41, 5.74) is 1.13. The molecule has 0 radical (unpaired) electrons. The first-order valence-electron chi connectivity index (χ1n) is 8.70. The maximum absolute atomic E-state index is 6.35. The lowest BCUT2D eigenvalue weighted by atomic mass is 10.0. The summed E-state index contributed by atoms with van der Waals surface area (Å²) in [6.45, 7) is 2.99. The van der Waals surface area contributed by atoms with Gasteiger partial charge in [0.05, 0.1) is 10.7 Å². The number of piperidine rings is 1. The number of para-hydroxylation sites is 1. The van der Waals surface area contributed by atoms with Crippen molar-refractivity contribution >= 4 is 35.0 Å². The Bertz CT molecular complexity index is 523. The summed E-state index contributed by atoms with van der Waals surface area (Å²) in [6.07, 6.45) is 6.90. The standard InChI is InChI=1S/C18H29ClN4S/c1-20-18(21-11-5-6-13-24-2)22-15-8-7-12-23(14-15)17-10-4-3-9-16(17)19/h3-4,9-10,15H,5-8,11-14H2,1-2H3,(H2,20,21,22). The van der Waals surface area contributed by atoms with Crippen LogP contribution in [0.15, 0.2) is 29.3 Å². The van der Waals surface area contributed by atoms with Gasteiger partial charge in [0.2, 0.25) is 0 Å². The molecular weight excluding hydrogens is 340 g/mol. The topological polar surface area (TPSA) is 39.7 Å². The second kappa shape index (κ2) is 10.7. The van der Waals surface area contributed by atoms with E-state index in [-0.39, 0.29) is 0 Å². The summed E-state index contributed by atoms with van der Waals surface area (Å²) in [5.74, 6) is 2.13. The van der Waals surface area contributed by atoms with Crippen LogP contribution in [0.2, 0.25) is 5.02 Å². The van der Waals surface area contributed by atoms with Gasteiger partial charge in [-0.1, -0.05) is 23.7 Å². The number of nitrogens with one attached hydrogen (secondary N) is 2. The highest BCUT2D eigenvalue weighted by Crippen LogP contribution is 2.27. The Hall–Kier alpha value is -1.07. The molecule has 1 aromatic carbocycles. The van der Waals surface area contributed by atoms with E-state index in [2.05, 4.69) is 32.8 Å². The minimum atomic E-state index is 0.396. The van der Waals surface area contributed by atoms with Crippen molar-refractivity contribution in [3.63, 3.8) is 0 Å². The highest BCUT2D eigenvalue weighted by Gasteiger charge is 2.22. The predicted molar refractivity (Wildman–Crippen MR) is 109 cm³/mol. The van der Waals surface area contributed by atoms with Gasteiger partial charge in [-0.15, -0.1) is 0 Å². The zero-order valence-corrected chi connectivity index (χ0v) is 16.3. The van der Waals surface area contributed by atoms with Crippen LogP contribution < -0.4 is 15.5 Å². The molecule has 0 aromatic heterocycles. The van der Waals surface area contributed by atoms with Crippen molar-refractivity contribution in [1.29, 1.82) is 0 Å². The van der Waals surface area contributed by atoms with Crippen LogP contribution in [0.4, 0.5) is 5.69 Å². The molecule has 0 spiro atoms. The van der Waals surface area contributed by atoms with Crippen LogP contribution >= 0.6 is 23.4 Å². The van der Waals surface area contributed by atoms with Gasteiger partial charge in [0.25, 0.3) is 0 Å². The monoisotopic (exact) mass is 368 g/mol. The molecule has 0 amide bonds. The fourth-order valence-corrected chi connectivity index (χ4v) is 3.74. The minimum absolute atomic E-state index is 0.396. The lowest BCUT2D eigenvalue weighted by Crippen LogP contribution is -2.51. The van der Waals surface area contributed by atoms with Crippen molar-refractivity contribution in [1.82, 2.24) is 10.6 Å². The van der Waals surface area contributed by atoms with Crippen molar-refractivity contribution < 1.29 is 0 Å². The van der Waals surface area contributed by atoms with E-state index in [4.69, 9.17) is 11.6 Å². The van der Waals surface area contributed by atoms with Crippen LogP contribution in [0.25, 0.3) is 0 Å². The van der Waals surface area contributed by atoms with E-state index >= 15 is 0 Å². The maximum atomic E-state index is 6.35. The predicted octanol–water partition coefficient (Wildman–Crippen LogP) is 3.62. The maximum Gasteiger partial charge on any atom is 0.191 e. The molecule has 6 heteroatoms. The molecule has 1 atom stereocenters. The second-order valence-electron chi connectivity index (χ2n) is 6.08. The van der Waals surface area contributed by atoms with E-state index in [0.29, 0.717) is 6.04 Å². The van der Waals surface area contributed by atoms with Crippen LogP contribution in [-0.4, -0.2) is 50.7 Å². The Morgan fingerprint density at radius 3 is 2.96 bits per heavy atom. The zero-order valence-electron chi connectivity index (χ0n) is 14.7. The number of anilines is 1. The SMILES string of the molecule is CN=C(NCCCCSC)NC1CCCN(c2ccccc2Cl)C1. The molecule has 1 aliphatic rings. The number of nitrogens with zero attached hydrogens (tertiary/aromatic N) is 2. The van der Waals surface area contributed by atoms with E-state index < -0.39 is 0 Å². The number of hydrogen-bond donors (Lipinski definition) is 2. The highest BCUT2D eigenvalue weighted by molar-refractivity contribution is 7.98. The van der Waals surface area contributed by atoms with E-state index in [9.17, 15) is 0 Å². The van der Waals surface area contributed by atoms with Gasteiger partial charge in [0, 0.05) is 32.7 Å². The first-order valence-corrected chi connectivity index (χ1v) is 10.5. The van der Waals surface area contributed by atoms with Gasteiger partial charge in [0.1, 0.15) is 0 Å². The molecule has 1 unspecified atom stereocenters. The Morgan fingerprint density at radius 2 is 2.21 bits per heavy atom. The summed E-state index contributed by atoms with van der Waals surface area (Å²) < 4.78 is 0. The van der Waals surface area contributed by atoms with Gasteiger partial charge in [-0.05, 0) is 49.8 Å². The second-order valence-corrected chi connectivity index (χ2v) is 7.47. The molecule has 4 nitrogen and oxygen atoms in total. The summed E-state index contributed by atoms with van der Waals surface area (Å²) in [6, 6.07) is 8.49. The van der Waals surface area contributed by atoms with Gasteiger partial charge in [-0.2, -0.15) is 11.8 Å². The molecule has 1 aromatic rings. The lowest BCUT2D eigenvalue weighted by molar-refractivity contribution is 0.468. The average molecular weight is 369 g/mol. The van der Waals surface area contributed by atoms with Crippen molar-refractivity contribution in [2.24, 2.45) is 4.99 Å². The molecule has 134 valence electrons. The summed E-state index contributed by atoms with van der Waals surface area (Å²) in [4.78, 5) is 6.73. The summed E-state index contributed by atoms with van der Waals surface area (Å²) in [7, 11) is 1.84. The van der Waals surface area contributed by atoms with Crippen LogP contribution in [0, 0.1) is 0 Å². The van der Waals surface area contributed by atoms with Crippen molar-refractivity contribution in [3.8, 4) is 0 Å². The minimum Gasteiger partial charge on any atom is -0.368 e. The molecule has 2 N–H and O–H groups in total. The Kier molecular flexibility index (Phi) is 8.60. The Balaban J connectivity index is 1.82. The third-order valence-corrected chi connectivity index (χ3v) is 5.26. The number of rotatable bonds is 7. The smallest absolute Gasteiger partial charge is 0.191 e. The Labute approximate surface area is 155 Å². The largest absolute Gasteiger partial charge is 0.368 e. The number of hydrogen-bond acceptors (Lipinski definition) is 3. The fourth-order valence-electron chi connectivity index (χ4n) is 2.99. The van der Waals surface area contributed by atoms with Gasteiger partial charge >= 0.3 is 0 Å². The van der Waals surface area contributed by atoms with Gasteiger partial charge < -0.3 is 15.5 Å². The highest BCUT2D eigenvalue weighted by atomic mass is 35.5. The molecule has 1 aliphatic heterocycles. The molecular formula is C18H29ClN4S. The average Bonchev–Trinajstić information content (AvgIpc) is 2.61. The first-order chi connectivity index (χ1) is 11.7. The number of aliphatic imine (C=N–C) groups is 1. The molecule has 0 aliphatic carbocycles. The van der Waals surface area contributed by atoms with E-state index in [1.165, 1.54) is 18.6 Å². The van der Waals surface area contributed by atoms with Crippen LogP contribution in [0.5, 0.6) is 0 Å². The van der Waals surface area contributed by atoms with Gasteiger partial charge in [-0.3, -0.25) is 4.99 Å². The molecule has 1 saturated heterocycles. The number of thioether (sulfide) groups is 1. The Morgan fingerprint density at radius 1 is 1.38 bits per heavy atom. The number of unbranched alkanes of at least 4 members (excludes halogenated alkanes) is 1. The van der Waals surface area contributed by atoms with E-state index in [1.54, 1.807) is 0 Å². The summed E-state index contributed by atoms with van der Waals surface area (Å²) in [5, 5.41) is 7.82. The lowest BCUT2D eigenvalue weighted by Gasteiger charge is -2.35. The summed E-state index contributed by atoms with van der Waals surface area (Å²) >= 11 is 8.25. The van der Waals surface area contributed by atoms with Gasteiger partial charge in [0.15, 0.2) is 5.96 Å². The van der Waals surface area contributed by atoms with E-state index in [1.807, 2.05) is 37.0 Å². The molecule has 2 rings (SSSR count). The third kappa shape index (κ3) is 6.10. The van der Waals surface area contributed by atoms with Crippen LogP contribution in [-0.2, 0) is 0 Å². The van der Waals surface area contributed by atoms with Crippen molar-refractivity contribution in [2.75, 3.05) is 43.6 Å². The van der Waals surface area contributed by atoms with Crippen LogP contribution in [0.1, 0.15) is 25.7 Å². The first kappa shape index (κ1) is 19.3. The van der Waals surface area contributed by atoms with Crippen LogP contribution in [0.3, 0.4) is 0 Å². The molecule has 24 heavy (non-hydrogen) atoms. The zero-order chi connectivity index (χ0) is 17.2. The molecule has 1 heterocycles. The van der Waals surface area contributed by atoms with Crippen molar-refractivity contribution in [3.05, 3.63) is 29.3 Å². The third-order valence-electron chi connectivity index (χ3n) is 4.25. The number of benzene rings is 1. The van der Waals surface area contributed by atoms with E-state index in [0.717, 1.165) is 49.1 Å². The normalized spacial score (nSPS) is 18.5. The van der Waals surface area contributed by atoms with Gasteiger partial charge in [-0.25, -0.2) is 0 Å².